The van der Waals surface area contributed by atoms with E-state index in [-0.39, 0.29) is 22.9 Å². The molecule has 12 heteroatoms. The summed E-state index contributed by atoms with van der Waals surface area (Å²) in [6.07, 6.45) is -4.23. The molecule has 0 saturated heterocycles. The number of carbonyl (C=O) groups excluding carboxylic acids is 2. The molecule has 0 spiro atoms. The highest BCUT2D eigenvalue weighted by Gasteiger charge is 2.37. The van der Waals surface area contributed by atoms with Gasteiger partial charge in [-0.2, -0.15) is 13.2 Å². The molecule has 0 radical (unpaired) electrons. The number of alkyl halides is 3. The highest BCUT2D eigenvalue weighted by atomic mass is 32.2. The van der Waals surface area contributed by atoms with Gasteiger partial charge < -0.3 is 10.2 Å². The molecule has 4 aromatic rings. The largest absolute Gasteiger partial charge is 0.416 e. The van der Waals surface area contributed by atoms with E-state index in [9.17, 15) is 31.2 Å². The van der Waals surface area contributed by atoms with Gasteiger partial charge in [-0.15, -0.1) is 0 Å². The van der Waals surface area contributed by atoms with Gasteiger partial charge in [-0.1, -0.05) is 79.2 Å². The van der Waals surface area contributed by atoms with Crippen molar-refractivity contribution in [3.63, 3.8) is 0 Å². The zero-order chi connectivity index (χ0) is 35.1. The number of aryl methyl sites for hydroxylation is 1. The van der Waals surface area contributed by atoms with Crippen LogP contribution in [0, 0.1) is 12.7 Å². The van der Waals surface area contributed by atoms with E-state index in [0.717, 1.165) is 28.7 Å². The predicted molar refractivity (Wildman–Crippen MR) is 176 cm³/mol. The zero-order valence-corrected chi connectivity index (χ0v) is 27.6. The number of carbonyl (C=O) groups is 2. The van der Waals surface area contributed by atoms with Crippen LogP contribution in [0.3, 0.4) is 0 Å². The molecule has 0 aliphatic rings. The van der Waals surface area contributed by atoms with E-state index in [2.05, 4.69) is 5.32 Å². The average Bonchev–Trinajstić information content (AvgIpc) is 3.06. The maximum absolute atomic E-state index is 15.0. The Morgan fingerprint density at radius 1 is 0.875 bits per heavy atom. The molecule has 4 rings (SSSR count). The fraction of sp³-hybridized carbons (Fsp3) is 0.278. The summed E-state index contributed by atoms with van der Waals surface area (Å²) in [5.74, 6) is -2.13. The predicted octanol–water partition coefficient (Wildman–Crippen LogP) is 6.90. The summed E-state index contributed by atoms with van der Waals surface area (Å²) in [6.45, 7) is 3.99. The lowest BCUT2D eigenvalue weighted by Gasteiger charge is -2.34. The molecule has 7 nitrogen and oxygen atoms in total. The van der Waals surface area contributed by atoms with Crippen molar-refractivity contribution in [3.8, 4) is 0 Å². The van der Waals surface area contributed by atoms with Crippen molar-refractivity contribution in [3.05, 3.63) is 131 Å². The highest BCUT2D eigenvalue weighted by molar-refractivity contribution is 7.92. The summed E-state index contributed by atoms with van der Waals surface area (Å²) < 4.78 is 85.2. The third-order valence-electron chi connectivity index (χ3n) is 7.92. The molecule has 4 aromatic carbocycles. The molecular weight excluding hydrogens is 646 g/mol. The molecule has 1 N–H and O–H groups in total. The fourth-order valence-electron chi connectivity index (χ4n) is 5.01. The number of benzene rings is 4. The van der Waals surface area contributed by atoms with Crippen molar-refractivity contribution in [2.24, 2.45) is 0 Å². The number of sulfonamides is 1. The first-order chi connectivity index (χ1) is 22.7. The Morgan fingerprint density at radius 3 is 2.15 bits per heavy atom. The number of halogens is 4. The Labute approximate surface area is 278 Å². The monoisotopic (exact) mass is 683 g/mol. The number of rotatable bonds is 13. The molecule has 0 aliphatic heterocycles. The van der Waals surface area contributed by atoms with Crippen molar-refractivity contribution in [2.75, 3.05) is 10.8 Å². The second kappa shape index (κ2) is 15.5. The standard InChI is InChI=1S/C36H37F4N3O4S/c1-4-26(3)41-35(45)33(21-27-11-6-5-7-12-27)42(23-28-13-8-9-16-32(28)37)34(44)24-43(30-15-10-14-29(22-30)36(38,39)40)48(46,47)31-19-17-25(2)18-20-31/h5-20,22,26,33H,4,21,23-24H2,1-3H3,(H,41,45). The van der Waals surface area contributed by atoms with E-state index in [1.807, 2.05) is 6.92 Å². The first kappa shape index (κ1) is 36.1. The minimum Gasteiger partial charge on any atom is -0.352 e. The molecule has 0 aliphatic carbocycles. The van der Waals surface area contributed by atoms with E-state index >= 15 is 4.39 Å². The van der Waals surface area contributed by atoms with Gasteiger partial charge >= 0.3 is 6.18 Å². The van der Waals surface area contributed by atoms with Crippen molar-refractivity contribution in [1.82, 2.24) is 10.2 Å². The van der Waals surface area contributed by atoms with E-state index in [0.29, 0.717) is 22.4 Å². The first-order valence-corrected chi connectivity index (χ1v) is 16.8. The molecule has 254 valence electrons. The van der Waals surface area contributed by atoms with Gasteiger partial charge in [0.15, 0.2) is 0 Å². The zero-order valence-electron chi connectivity index (χ0n) is 26.7. The molecular formula is C36H37F4N3O4S. The first-order valence-electron chi connectivity index (χ1n) is 15.3. The van der Waals surface area contributed by atoms with Gasteiger partial charge in [-0.25, -0.2) is 12.8 Å². The van der Waals surface area contributed by atoms with E-state index < -0.39 is 64.2 Å². The molecule has 2 atom stereocenters. The van der Waals surface area contributed by atoms with Crippen LogP contribution in [0.15, 0.2) is 108 Å². The van der Waals surface area contributed by atoms with Crippen LogP contribution >= 0.6 is 0 Å². The lowest BCUT2D eigenvalue weighted by atomic mass is 10.0. The van der Waals surface area contributed by atoms with Crippen molar-refractivity contribution in [1.29, 1.82) is 0 Å². The summed E-state index contributed by atoms with van der Waals surface area (Å²) in [5.41, 5.74) is -0.0481. The van der Waals surface area contributed by atoms with Gasteiger partial charge in [-0.05, 0) is 62.2 Å². The Morgan fingerprint density at radius 2 is 1.52 bits per heavy atom. The summed E-state index contributed by atoms with van der Waals surface area (Å²) in [4.78, 5) is 29.1. The molecule has 0 aromatic heterocycles. The Hall–Kier alpha value is -4.71. The van der Waals surface area contributed by atoms with Crippen LogP contribution in [-0.2, 0) is 38.8 Å². The van der Waals surface area contributed by atoms with Crippen LogP contribution in [0.1, 0.15) is 42.5 Å². The average molecular weight is 684 g/mol. The van der Waals surface area contributed by atoms with Gasteiger partial charge in [0, 0.05) is 24.6 Å². The molecule has 0 heterocycles. The molecule has 2 amide bonds. The van der Waals surface area contributed by atoms with Crippen molar-refractivity contribution >= 4 is 27.5 Å². The van der Waals surface area contributed by atoms with Crippen LogP contribution in [0.2, 0.25) is 0 Å². The quantitative estimate of drug-likeness (QED) is 0.155. The number of hydrogen-bond donors (Lipinski definition) is 1. The number of nitrogens with zero attached hydrogens (tertiary/aromatic N) is 2. The number of nitrogens with one attached hydrogen (secondary N) is 1. The maximum atomic E-state index is 15.0. The summed E-state index contributed by atoms with van der Waals surface area (Å²) >= 11 is 0. The van der Waals surface area contributed by atoms with Crippen molar-refractivity contribution in [2.45, 2.75) is 63.3 Å². The summed E-state index contributed by atoms with van der Waals surface area (Å²) in [7, 11) is -4.63. The van der Waals surface area contributed by atoms with E-state index in [4.69, 9.17) is 0 Å². The van der Waals surface area contributed by atoms with Crippen LogP contribution in [0.4, 0.5) is 23.2 Å². The lowest BCUT2D eigenvalue weighted by Crippen LogP contribution is -2.54. The minimum absolute atomic E-state index is 0.00241. The summed E-state index contributed by atoms with van der Waals surface area (Å²) in [6, 6.07) is 22.2. The number of hydrogen-bond acceptors (Lipinski definition) is 4. The Kier molecular flexibility index (Phi) is 11.6. The number of amides is 2. The van der Waals surface area contributed by atoms with Gasteiger partial charge in [-0.3, -0.25) is 13.9 Å². The van der Waals surface area contributed by atoms with Crippen LogP contribution in [-0.4, -0.2) is 43.8 Å². The molecule has 0 bridgehead atoms. The normalized spacial score (nSPS) is 13.0. The topological polar surface area (TPSA) is 86.8 Å². The second-order valence-corrected chi connectivity index (χ2v) is 13.4. The lowest BCUT2D eigenvalue weighted by molar-refractivity contribution is -0.140. The van der Waals surface area contributed by atoms with Gasteiger partial charge in [0.25, 0.3) is 10.0 Å². The van der Waals surface area contributed by atoms with E-state index in [1.54, 1.807) is 50.2 Å². The van der Waals surface area contributed by atoms with Crippen molar-refractivity contribution < 1.29 is 35.6 Å². The van der Waals surface area contributed by atoms with Gasteiger partial charge in [0.2, 0.25) is 11.8 Å². The molecule has 0 saturated carbocycles. The van der Waals surface area contributed by atoms with Crippen LogP contribution in [0.25, 0.3) is 0 Å². The highest BCUT2D eigenvalue weighted by Crippen LogP contribution is 2.33. The molecule has 0 fully saturated rings. The maximum Gasteiger partial charge on any atom is 0.416 e. The number of anilines is 1. The fourth-order valence-corrected chi connectivity index (χ4v) is 6.41. The smallest absolute Gasteiger partial charge is 0.352 e. The third-order valence-corrected chi connectivity index (χ3v) is 9.71. The Bertz CT molecular complexity index is 1820. The SMILES string of the molecule is CCC(C)NC(=O)C(Cc1ccccc1)N(Cc1ccccc1F)C(=O)CN(c1cccc(C(F)(F)F)c1)S(=O)(=O)c1ccc(C)cc1. The van der Waals surface area contributed by atoms with E-state index in [1.165, 1.54) is 42.5 Å². The van der Waals surface area contributed by atoms with Crippen LogP contribution in [0.5, 0.6) is 0 Å². The van der Waals surface area contributed by atoms with Gasteiger partial charge in [0.05, 0.1) is 16.1 Å². The Balaban J connectivity index is 1.86. The third kappa shape index (κ3) is 9.00. The minimum atomic E-state index is -4.80. The second-order valence-electron chi connectivity index (χ2n) is 11.5. The molecule has 2 unspecified atom stereocenters. The van der Waals surface area contributed by atoms with Gasteiger partial charge in [0.1, 0.15) is 18.4 Å². The molecule has 48 heavy (non-hydrogen) atoms. The van der Waals surface area contributed by atoms with Crippen LogP contribution < -0.4 is 9.62 Å². The summed E-state index contributed by atoms with van der Waals surface area (Å²) in [5, 5.41) is 2.87.